The minimum absolute atomic E-state index is 0.699. The van der Waals surface area contributed by atoms with Gasteiger partial charge >= 0.3 is 0 Å². The van der Waals surface area contributed by atoms with Crippen molar-refractivity contribution in [3.63, 3.8) is 0 Å². The molecule has 0 spiro atoms. The molecule has 0 saturated heterocycles. The maximum Gasteiger partial charge on any atom is 0.186 e. The molecule has 0 N–H and O–H groups in total. The predicted octanol–water partition coefficient (Wildman–Crippen LogP) is 1.75. The summed E-state index contributed by atoms with van der Waals surface area (Å²) in [5.74, 6) is 6.61. The first-order valence-corrected chi connectivity index (χ1v) is 3.15. The third-order valence-electron chi connectivity index (χ3n) is 1.59. The van der Waals surface area contributed by atoms with Crippen molar-refractivity contribution in [2.75, 3.05) is 0 Å². The number of rotatable bonds is 0. The molecule has 1 heterocycles. The average molecular weight is 140 g/mol. The Hall–Kier alpha value is -1.86. The predicted molar refractivity (Wildman–Crippen MR) is 42.4 cm³/mol. The standard InChI is InChI=1S/C10H4O/c1-3-7-5-6-9-10(11-9)8(7)4-2/h1-2,5-6H. The molecule has 0 fully saturated rings. The van der Waals surface area contributed by atoms with Crippen LogP contribution in [0.3, 0.4) is 0 Å². The van der Waals surface area contributed by atoms with Gasteiger partial charge in [-0.1, -0.05) is 11.8 Å². The monoisotopic (exact) mass is 140 g/mol. The van der Waals surface area contributed by atoms with E-state index in [4.69, 9.17) is 17.6 Å². The molecule has 2 rings (SSSR count). The van der Waals surface area contributed by atoms with Gasteiger partial charge in [0.1, 0.15) is 0 Å². The lowest BCUT2D eigenvalue weighted by atomic mass is 10.1. The topological polar surface area (TPSA) is 12.5 Å². The minimum atomic E-state index is 0.699. The van der Waals surface area contributed by atoms with E-state index in [0.717, 1.165) is 17.1 Å². The van der Waals surface area contributed by atoms with Crippen molar-refractivity contribution in [3.05, 3.63) is 23.3 Å². The van der Waals surface area contributed by atoms with Gasteiger partial charge in [-0.3, -0.25) is 0 Å². The molecule has 0 unspecified atom stereocenters. The zero-order valence-corrected chi connectivity index (χ0v) is 5.72. The number of fused-ring (bicyclic) bond motifs is 1. The highest BCUT2D eigenvalue weighted by Gasteiger charge is 2.25. The van der Waals surface area contributed by atoms with E-state index < -0.39 is 0 Å². The molecule has 1 aliphatic rings. The zero-order valence-electron chi connectivity index (χ0n) is 5.72. The first-order valence-electron chi connectivity index (χ1n) is 3.15. The minimum Gasteiger partial charge on any atom is -0.448 e. The lowest BCUT2D eigenvalue weighted by Crippen LogP contribution is -1.76. The summed E-state index contributed by atoms with van der Waals surface area (Å²) in [5.41, 5.74) is 1.42. The molecule has 0 radical (unpaired) electrons. The fourth-order valence-corrected chi connectivity index (χ4v) is 0.997. The summed E-state index contributed by atoms with van der Waals surface area (Å²) in [6.45, 7) is 0. The fourth-order valence-electron chi connectivity index (χ4n) is 0.997. The number of hydrogen-bond donors (Lipinski definition) is 0. The van der Waals surface area contributed by atoms with E-state index in [1.54, 1.807) is 6.07 Å². The molecular formula is C10H4O. The highest BCUT2D eigenvalue weighted by atomic mass is 16.6. The van der Waals surface area contributed by atoms with E-state index >= 15 is 0 Å². The maximum absolute atomic E-state index is 5.23. The Morgan fingerprint density at radius 1 is 1.18 bits per heavy atom. The SMILES string of the molecule is C#Cc1ccc2c(c1C#C)O2. The van der Waals surface area contributed by atoms with Gasteiger partial charge in [0.05, 0.1) is 5.56 Å². The van der Waals surface area contributed by atoms with Gasteiger partial charge in [0.2, 0.25) is 0 Å². The fraction of sp³-hybridized carbons (Fsp3) is 0. The Bertz CT molecular complexity index is 402. The highest BCUT2D eigenvalue weighted by molar-refractivity contribution is 5.69. The highest BCUT2D eigenvalue weighted by Crippen LogP contribution is 2.48. The smallest absolute Gasteiger partial charge is 0.186 e. The van der Waals surface area contributed by atoms with Gasteiger partial charge in [-0.2, -0.15) is 0 Å². The lowest BCUT2D eigenvalue weighted by molar-refractivity contribution is 0.648. The summed E-state index contributed by atoms with van der Waals surface area (Å²) < 4.78 is 5.06. The first kappa shape index (κ1) is 5.89. The Morgan fingerprint density at radius 2 is 2.00 bits per heavy atom. The van der Waals surface area contributed by atoms with Crippen LogP contribution in [-0.4, -0.2) is 0 Å². The molecule has 1 aromatic carbocycles. The van der Waals surface area contributed by atoms with E-state index in [1.807, 2.05) is 6.07 Å². The van der Waals surface area contributed by atoms with Crippen molar-refractivity contribution in [1.82, 2.24) is 0 Å². The van der Waals surface area contributed by atoms with Gasteiger partial charge in [-0.25, -0.2) is 0 Å². The average Bonchev–Trinajstić information content (AvgIpc) is 2.80. The Morgan fingerprint density at radius 3 is 2.64 bits per heavy atom. The van der Waals surface area contributed by atoms with Crippen LogP contribution in [0.25, 0.3) is 0 Å². The molecule has 1 heteroatoms. The first-order chi connectivity index (χ1) is 5.36. The van der Waals surface area contributed by atoms with Crippen LogP contribution >= 0.6 is 0 Å². The van der Waals surface area contributed by atoms with E-state index in [0.29, 0.717) is 5.56 Å². The molecule has 0 aliphatic carbocycles. The Labute approximate surface area is 65.0 Å². The van der Waals surface area contributed by atoms with Crippen LogP contribution in [0.5, 0.6) is 11.5 Å². The second-order valence-electron chi connectivity index (χ2n) is 2.21. The second kappa shape index (κ2) is 1.81. The van der Waals surface area contributed by atoms with Crippen LogP contribution in [0, 0.1) is 24.7 Å². The van der Waals surface area contributed by atoms with Gasteiger partial charge in [0.25, 0.3) is 0 Å². The van der Waals surface area contributed by atoms with Gasteiger partial charge < -0.3 is 4.74 Å². The van der Waals surface area contributed by atoms with Gasteiger partial charge in [0, 0.05) is 5.56 Å². The summed E-state index contributed by atoms with van der Waals surface area (Å²) in [4.78, 5) is 0. The van der Waals surface area contributed by atoms with Crippen LogP contribution in [-0.2, 0) is 0 Å². The molecule has 50 valence electrons. The van der Waals surface area contributed by atoms with Crippen molar-refractivity contribution in [3.8, 4) is 36.2 Å². The normalized spacial score (nSPS) is 10.4. The number of hydrogen-bond acceptors (Lipinski definition) is 1. The van der Waals surface area contributed by atoms with Gasteiger partial charge in [-0.05, 0) is 12.1 Å². The Balaban J connectivity index is 2.72. The molecule has 1 aromatic rings. The lowest BCUT2D eigenvalue weighted by Gasteiger charge is -1.88. The molecule has 11 heavy (non-hydrogen) atoms. The summed E-state index contributed by atoms with van der Waals surface area (Å²) in [6, 6.07) is 3.62. The molecule has 0 amide bonds. The van der Waals surface area contributed by atoms with E-state index in [2.05, 4.69) is 11.8 Å². The van der Waals surface area contributed by atoms with Gasteiger partial charge in [0.15, 0.2) is 11.5 Å². The third-order valence-corrected chi connectivity index (χ3v) is 1.59. The molecular weight excluding hydrogens is 136 g/mol. The quantitative estimate of drug-likeness (QED) is 0.401. The van der Waals surface area contributed by atoms with Crippen LogP contribution in [0.1, 0.15) is 11.1 Å². The van der Waals surface area contributed by atoms with E-state index in [9.17, 15) is 0 Å². The number of terminal acetylenes is 2. The summed E-state index contributed by atoms with van der Waals surface area (Å²) in [6.07, 6.45) is 10.5. The zero-order chi connectivity index (χ0) is 7.84. The van der Waals surface area contributed by atoms with Crippen LogP contribution in [0.2, 0.25) is 0 Å². The van der Waals surface area contributed by atoms with Gasteiger partial charge in [-0.15, -0.1) is 12.8 Å². The molecule has 0 bridgehead atoms. The van der Waals surface area contributed by atoms with Crippen molar-refractivity contribution >= 4 is 0 Å². The van der Waals surface area contributed by atoms with Crippen molar-refractivity contribution < 1.29 is 4.74 Å². The van der Waals surface area contributed by atoms with Crippen molar-refractivity contribution in [2.45, 2.75) is 0 Å². The van der Waals surface area contributed by atoms with Crippen LogP contribution in [0.4, 0.5) is 0 Å². The molecule has 0 aromatic heterocycles. The summed E-state index contributed by atoms with van der Waals surface area (Å²) in [7, 11) is 0. The molecule has 1 aliphatic heterocycles. The van der Waals surface area contributed by atoms with E-state index in [-0.39, 0.29) is 0 Å². The molecule has 0 atom stereocenters. The van der Waals surface area contributed by atoms with Crippen molar-refractivity contribution in [1.29, 1.82) is 0 Å². The van der Waals surface area contributed by atoms with Crippen LogP contribution in [0.15, 0.2) is 12.1 Å². The third kappa shape index (κ3) is 0.687. The number of ether oxygens (including phenoxy) is 1. The number of benzene rings is 1. The Kier molecular flexibility index (Phi) is 0.969. The van der Waals surface area contributed by atoms with Crippen LogP contribution < -0.4 is 4.74 Å². The molecule has 0 saturated carbocycles. The van der Waals surface area contributed by atoms with E-state index in [1.165, 1.54) is 0 Å². The largest absolute Gasteiger partial charge is 0.448 e. The van der Waals surface area contributed by atoms with Crippen molar-refractivity contribution in [2.24, 2.45) is 0 Å². The summed E-state index contributed by atoms with van der Waals surface area (Å²) in [5, 5.41) is 0. The molecule has 1 nitrogen and oxygen atoms in total. The summed E-state index contributed by atoms with van der Waals surface area (Å²) >= 11 is 0. The second-order valence-corrected chi connectivity index (χ2v) is 2.21. The maximum atomic E-state index is 5.23.